The van der Waals surface area contributed by atoms with Crippen molar-refractivity contribution in [3.8, 4) is 0 Å². The summed E-state index contributed by atoms with van der Waals surface area (Å²) < 4.78 is 23.5. The number of rotatable bonds is 41. The third-order valence-electron chi connectivity index (χ3n) is 10.2. The van der Waals surface area contributed by atoms with Crippen molar-refractivity contribution in [2.75, 3.05) is 40.9 Å². The first-order chi connectivity index (χ1) is 26.0. The summed E-state index contributed by atoms with van der Waals surface area (Å²) >= 11 is 0. The van der Waals surface area contributed by atoms with Crippen LogP contribution >= 0.6 is 7.82 Å². The second-order valence-electron chi connectivity index (χ2n) is 16.8. The van der Waals surface area contributed by atoms with Crippen molar-refractivity contribution in [1.29, 1.82) is 0 Å². The normalized spacial score (nSPS) is 14.6. The second-order valence-corrected chi connectivity index (χ2v) is 18.2. The molecule has 0 aliphatic rings. The van der Waals surface area contributed by atoms with Crippen molar-refractivity contribution in [2.24, 2.45) is 0 Å². The molecule has 3 atom stereocenters. The number of phosphoric acid groups is 1. The maximum Gasteiger partial charge on any atom is 0.472 e. The Kier molecular flexibility index (Phi) is 36.8. The van der Waals surface area contributed by atoms with Gasteiger partial charge in [-0.15, -0.1) is 0 Å². The summed E-state index contributed by atoms with van der Waals surface area (Å²) in [5.74, 6) is -0.179. The molecular weight excluding hydrogens is 695 g/mol. The lowest BCUT2D eigenvalue weighted by Crippen LogP contribution is -2.45. The Morgan fingerprint density at radius 2 is 1.00 bits per heavy atom. The molecule has 0 heterocycles. The summed E-state index contributed by atoms with van der Waals surface area (Å²) in [5.41, 5.74) is 0. The molecule has 0 aliphatic carbocycles. The van der Waals surface area contributed by atoms with Crippen LogP contribution in [0.1, 0.15) is 206 Å². The molecule has 0 spiro atoms. The zero-order valence-electron chi connectivity index (χ0n) is 36.2. The van der Waals surface area contributed by atoms with Gasteiger partial charge in [-0.1, -0.05) is 179 Å². The first-order valence-electron chi connectivity index (χ1n) is 22.7. The number of hydrogen-bond donors (Lipinski definition) is 3. The first-order valence-corrected chi connectivity index (χ1v) is 24.2. The molecule has 9 heteroatoms. The third-order valence-corrected chi connectivity index (χ3v) is 11.1. The van der Waals surface area contributed by atoms with E-state index in [0.717, 1.165) is 38.5 Å². The van der Waals surface area contributed by atoms with Gasteiger partial charge in [0.1, 0.15) is 13.2 Å². The van der Waals surface area contributed by atoms with Crippen molar-refractivity contribution in [1.82, 2.24) is 5.32 Å². The highest BCUT2D eigenvalue weighted by atomic mass is 31.2. The monoisotopic (exact) mass is 786 g/mol. The number of nitrogens with one attached hydrogen (secondary N) is 1. The van der Waals surface area contributed by atoms with Crippen LogP contribution in [-0.2, 0) is 18.4 Å². The Morgan fingerprint density at radius 1 is 0.611 bits per heavy atom. The average molecular weight is 786 g/mol. The minimum atomic E-state index is -4.33. The van der Waals surface area contributed by atoms with Gasteiger partial charge in [0.2, 0.25) is 5.91 Å². The van der Waals surface area contributed by atoms with E-state index in [1.807, 2.05) is 27.2 Å². The van der Waals surface area contributed by atoms with E-state index in [0.29, 0.717) is 17.4 Å². The van der Waals surface area contributed by atoms with Crippen molar-refractivity contribution < 1.29 is 32.9 Å². The highest BCUT2D eigenvalue weighted by Gasteiger charge is 2.27. The SMILES string of the molecule is CCCCCCCC/C=C/CCCCCCCCCCCCCC(=O)N[C@@H](COP(=O)(O)OCC[N+](C)(C)C)[C@H](O)/C=C/CCCCCCCCCCC. The number of unbranched alkanes of at least 4 members (excludes halogenated alkanes) is 26. The molecule has 0 radical (unpaired) electrons. The zero-order chi connectivity index (χ0) is 40.0. The van der Waals surface area contributed by atoms with Gasteiger partial charge in [-0.3, -0.25) is 13.8 Å². The molecule has 0 aromatic rings. The number of aliphatic hydroxyl groups is 1. The number of aliphatic hydroxyl groups excluding tert-OH is 1. The van der Waals surface area contributed by atoms with Crippen LogP contribution in [0.4, 0.5) is 0 Å². The molecule has 8 nitrogen and oxygen atoms in total. The van der Waals surface area contributed by atoms with E-state index >= 15 is 0 Å². The van der Waals surface area contributed by atoms with E-state index in [-0.39, 0.29) is 19.1 Å². The summed E-state index contributed by atoms with van der Waals surface area (Å²) in [7, 11) is 1.57. The van der Waals surface area contributed by atoms with E-state index in [1.54, 1.807) is 6.08 Å². The fraction of sp³-hybridized carbons (Fsp3) is 0.889. The Balaban J connectivity index is 4.28. The molecule has 0 saturated heterocycles. The van der Waals surface area contributed by atoms with Crippen LogP contribution in [0.15, 0.2) is 24.3 Å². The second kappa shape index (κ2) is 37.6. The number of allylic oxidation sites excluding steroid dienone is 3. The average Bonchev–Trinajstić information content (AvgIpc) is 3.12. The Bertz CT molecular complexity index is 938. The van der Waals surface area contributed by atoms with Gasteiger partial charge in [0.15, 0.2) is 0 Å². The lowest BCUT2D eigenvalue weighted by molar-refractivity contribution is -0.870. The molecule has 0 aromatic heterocycles. The van der Waals surface area contributed by atoms with E-state index in [4.69, 9.17) is 9.05 Å². The molecule has 1 unspecified atom stereocenters. The largest absolute Gasteiger partial charge is 0.472 e. The Hall–Kier alpha value is -1.02. The van der Waals surface area contributed by atoms with Crippen molar-refractivity contribution in [2.45, 2.75) is 219 Å². The molecule has 0 saturated carbocycles. The number of hydrogen-bond acceptors (Lipinski definition) is 5. The van der Waals surface area contributed by atoms with E-state index < -0.39 is 20.0 Å². The quantitative estimate of drug-likeness (QED) is 0.0247. The van der Waals surface area contributed by atoms with E-state index in [9.17, 15) is 19.4 Å². The van der Waals surface area contributed by atoms with Gasteiger partial charge >= 0.3 is 7.82 Å². The van der Waals surface area contributed by atoms with Crippen LogP contribution in [0.5, 0.6) is 0 Å². The lowest BCUT2D eigenvalue weighted by atomic mass is 10.0. The van der Waals surface area contributed by atoms with Gasteiger partial charge in [0, 0.05) is 6.42 Å². The molecule has 1 amide bonds. The van der Waals surface area contributed by atoms with Crippen molar-refractivity contribution in [3.05, 3.63) is 24.3 Å². The smallest absolute Gasteiger partial charge is 0.387 e. The number of nitrogens with zero attached hydrogens (tertiary/aromatic N) is 1. The molecule has 3 N–H and O–H groups in total. The molecule has 0 aliphatic heterocycles. The Labute approximate surface area is 334 Å². The summed E-state index contributed by atoms with van der Waals surface area (Å²) in [6.45, 7) is 4.80. The minimum absolute atomic E-state index is 0.0625. The lowest BCUT2D eigenvalue weighted by Gasteiger charge is -2.25. The summed E-state index contributed by atoms with van der Waals surface area (Å²) in [5, 5.41) is 13.8. The van der Waals surface area contributed by atoms with Crippen LogP contribution in [0.2, 0.25) is 0 Å². The van der Waals surface area contributed by atoms with Crippen LogP contribution in [-0.4, -0.2) is 73.4 Å². The molecule has 0 fully saturated rings. The van der Waals surface area contributed by atoms with E-state index in [2.05, 4.69) is 31.3 Å². The fourth-order valence-corrected chi connectivity index (χ4v) is 7.24. The van der Waals surface area contributed by atoms with Gasteiger partial charge in [0.25, 0.3) is 0 Å². The third kappa shape index (κ3) is 39.2. The van der Waals surface area contributed by atoms with Gasteiger partial charge in [-0.25, -0.2) is 4.57 Å². The van der Waals surface area contributed by atoms with Crippen LogP contribution in [0, 0.1) is 0 Å². The minimum Gasteiger partial charge on any atom is -0.387 e. The van der Waals surface area contributed by atoms with Crippen molar-refractivity contribution >= 4 is 13.7 Å². The number of amides is 1. The number of carbonyl (C=O) groups is 1. The highest BCUT2D eigenvalue weighted by molar-refractivity contribution is 7.47. The predicted octanol–water partition coefficient (Wildman–Crippen LogP) is 12.5. The van der Waals surface area contributed by atoms with Crippen LogP contribution < -0.4 is 5.32 Å². The summed E-state index contributed by atoms with van der Waals surface area (Å²) in [6.07, 6.45) is 43.9. The summed E-state index contributed by atoms with van der Waals surface area (Å²) in [4.78, 5) is 23.1. The maximum absolute atomic E-state index is 12.9. The zero-order valence-corrected chi connectivity index (χ0v) is 37.1. The topological polar surface area (TPSA) is 105 Å². The van der Waals surface area contributed by atoms with Crippen LogP contribution in [0.25, 0.3) is 0 Å². The number of phosphoric ester groups is 1. The molecule has 54 heavy (non-hydrogen) atoms. The fourth-order valence-electron chi connectivity index (χ4n) is 6.51. The standard InChI is InChI=1S/C45H89N2O6P/c1-6-8-10-12-14-16-18-19-20-21-22-23-24-25-26-27-29-31-33-35-37-39-45(49)46-43(42-53-54(50,51)52-41-40-47(3,4)5)44(48)38-36-34-32-30-28-17-15-13-11-9-7-2/h19-20,36,38,43-44,48H,6-18,21-35,37,39-42H2,1-5H3,(H-,46,49,50,51)/p+1/b20-19+,38-36+/t43-,44+/m0/s1. The van der Waals surface area contributed by atoms with Crippen molar-refractivity contribution in [3.63, 3.8) is 0 Å². The highest BCUT2D eigenvalue weighted by Crippen LogP contribution is 2.43. The van der Waals surface area contributed by atoms with Gasteiger partial charge < -0.3 is 19.8 Å². The number of likely N-dealkylation sites (N-methyl/N-ethyl adjacent to an activating group) is 1. The number of quaternary nitrogens is 1. The summed E-state index contributed by atoms with van der Waals surface area (Å²) in [6, 6.07) is -0.842. The molecular formula is C45H90N2O6P+. The van der Waals surface area contributed by atoms with Crippen LogP contribution in [0.3, 0.4) is 0 Å². The molecule has 0 aromatic carbocycles. The molecule has 0 bridgehead atoms. The van der Waals surface area contributed by atoms with Gasteiger partial charge in [-0.05, 0) is 44.9 Å². The molecule has 0 rings (SSSR count). The Morgan fingerprint density at radius 3 is 1.43 bits per heavy atom. The van der Waals surface area contributed by atoms with Gasteiger partial charge in [0.05, 0.1) is 39.9 Å². The maximum atomic E-state index is 12.9. The van der Waals surface area contributed by atoms with Gasteiger partial charge in [-0.2, -0.15) is 0 Å². The van der Waals surface area contributed by atoms with E-state index in [1.165, 1.54) is 148 Å². The first kappa shape index (κ1) is 53.0. The molecule has 320 valence electrons. The predicted molar refractivity (Wildman–Crippen MR) is 231 cm³/mol. The number of carbonyl (C=O) groups excluding carboxylic acids is 1.